The van der Waals surface area contributed by atoms with E-state index in [0.717, 1.165) is 6.20 Å². The van der Waals surface area contributed by atoms with Crippen molar-refractivity contribution in [3.63, 3.8) is 0 Å². The van der Waals surface area contributed by atoms with E-state index in [1.165, 1.54) is 12.3 Å². The SMILES string of the molecule is C=C(CCl)c1cncc(F)c1. The number of alkyl halides is 1. The molecule has 1 aromatic rings. The highest BCUT2D eigenvalue weighted by molar-refractivity contribution is 6.23. The molecule has 11 heavy (non-hydrogen) atoms. The minimum Gasteiger partial charge on any atom is -0.261 e. The molecule has 1 aromatic heterocycles. The largest absolute Gasteiger partial charge is 0.261 e. The fourth-order valence-corrected chi connectivity index (χ4v) is 0.837. The molecule has 58 valence electrons. The zero-order chi connectivity index (χ0) is 8.27. The van der Waals surface area contributed by atoms with Crippen LogP contribution in [0.1, 0.15) is 5.56 Å². The summed E-state index contributed by atoms with van der Waals surface area (Å²) in [4.78, 5) is 3.66. The second kappa shape index (κ2) is 3.49. The number of aromatic nitrogens is 1. The van der Waals surface area contributed by atoms with Crippen LogP contribution in [0, 0.1) is 5.82 Å². The maximum Gasteiger partial charge on any atom is 0.142 e. The molecule has 0 unspecified atom stereocenters. The summed E-state index contributed by atoms with van der Waals surface area (Å²) in [5.41, 5.74) is 1.33. The van der Waals surface area contributed by atoms with Crippen LogP contribution in [0.5, 0.6) is 0 Å². The van der Waals surface area contributed by atoms with E-state index in [0.29, 0.717) is 17.0 Å². The molecule has 0 aliphatic rings. The van der Waals surface area contributed by atoms with Gasteiger partial charge in [-0.1, -0.05) is 6.58 Å². The Morgan fingerprint density at radius 2 is 2.36 bits per heavy atom. The van der Waals surface area contributed by atoms with Crippen LogP contribution in [0.3, 0.4) is 0 Å². The zero-order valence-electron chi connectivity index (χ0n) is 5.85. The van der Waals surface area contributed by atoms with E-state index in [1.54, 1.807) is 0 Å². The number of hydrogen-bond donors (Lipinski definition) is 0. The molecule has 0 atom stereocenters. The predicted molar refractivity (Wildman–Crippen MR) is 43.9 cm³/mol. The van der Waals surface area contributed by atoms with Crippen molar-refractivity contribution >= 4 is 17.2 Å². The number of hydrogen-bond acceptors (Lipinski definition) is 1. The number of rotatable bonds is 2. The first-order valence-corrected chi connectivity index (χ1v) is 3.62. The molecular weight excluding hydrogens is 165 g/mol. The third-order valence-electron chi connectivity index (χ3n) is 1.27. The topological polar surface area (TPSA) is 12.9 Å². The second-order valence-electron chi connectivity index (χ2n) is 2.13. The molecule has 0 aromatic carbocycles. The summed E-state index contributed by atoms with van der Waals surface area (Å²) in [5.74, 6) is -0.0701. The molecule has 0 radical (unpaired) electrons. The van der Waals surface area contributed by atoms with E-state index in [4.69, 9.17) is 11.6 Å². The fraction of sp³-hybridized carbons (Fsp3) is 0.125. The summed E-state index contributed by atoms with van der Waals surface area (Å²) in [6, 6.07) is 1.36. The van der Waals surface area contributed by atoms with Gasteiger partial charge in [-0.15, -0.1) is 11.6 Å². The molecule has 0 bridgehead atoms. The van der Waals surface area contributed by atoms with Crippen molar-refractivity contribution < 1.29 is 4.39 Å². The van der Waals surface area contributed by atoms with Crippen molar-refractivity contribution in [3.05, 3.63) is 36.4 Å². The summed E-state index contributed by atoms with van der Waals surface area (Å²) in [7, 11) is 0. The predicted octanol–water partition coefficient (Wildman–Crippen LogP) is 2.47. The maximum absolute atomic E-state index is 12.5. The molecule has 1 rings (SSSR count). The number of allylic oxidation sites excluding steroid dienone is 1. The van der Waals surface area contributed by atoms with E-state index in [2.05, 4.69) is 11.6 Å². The summed E-state index contributed by atoms with van der Waals surface area (Å²) in [6.45, 7) is 3.65. The standard InChI is InChI=1S/C8H7ClFN/c1-6(3-9)7-2-8(10)5-11-4-7/h2,4-5H,1,3H2. The van der Waals surface area contributed by atoms with Crippen molar-refractivity contribution in [3.8, 4) is 0 Å². The lowest BCUT2D eigenvalue weighted by Crippen LogP contribution is -1.87. The van der Waals surface area contributed by atoms with E-state index in [1.807, 2.05) is 0 Å². The molecule has 0 saturated carbocycles. The molecule has 0 aliphatic heterocycles. The van der Waals surface area contributed by atoms with E-state index in [-0.39, 0.29) is 5.82 Å². The van der Waals surface area contributed by atoms with Crippen LogP contribution >= 0.6 is 11.6 Å². The molecule has 0 amide bonds. The summed E-state index contributed by atoms with van der Waals surface area (Å²) >= 11 is 5.49. The zero-order valence-corrected chi connectivity index (χ0v) is 6.61. The number of nitrogens with zero attached hydrogens (tertiary/aromatic N) is 1. The second-order valence-corrected chi connectivity index (χ2v) is 2.40. The Hall–Kier alpha value is -0.890. The molecular formula is C8H7ClFN. The molecule has 0 fully saturated rings. The van der Waals surface area contributed by atoms with Crippen LogP contribution in [0.15, 0.2) is 25.0 Å². The van der Waals surface area contributed by atoms with Crippen LogP contribution in [0.4, 0.5) is 4.39 Å². The van der Waals surface area contributed by atoms with Crippen LogP contribution in [0.2, 0.25) is 0 Å². The molecule has 0 N–H and O–H groups in total. The Labute approximate surface area is 69.5 Å². The Kier molecular flexibility index (Phi) is 2.60. The molecule has 0 saturated heterocycles. The average molecular weight is 172 g/mol. The summed E-state index contributed by atoms with van der Waals surface area (Å²) < 4.78 is 12.5. The molecule has 0 spiro atoms. The Bertz CT molecular complexity index is 273. The number of halogens is 2. The lowest BCUT2D eigenvalue weighted by atomic mass is 10.1. The van der Waals surface area contributed by atoms with Crippen molar-refractivity contribution in [1.82, 2.24) is 4.98 Å². The van der Waals surface area contributed by atoms with Gasteiger partial charge in [-0.2, -0.15) is 0 Å². The van der Waals surface area contributed by atoms with Crippen molar-refractivity contribution in [1.29, 1.82) is 0 Å². The van der Waals surface area contributed by atoms with Gasteiger partial charge in [-0.25, -0.2) is 4.39 Å². The van der Waals surface area contributed by atoms with Gasteiger partial charge in [-0.05, 0) is 17.2 Å². The lowest BCUT2D eigenvalue weighted by molar-refractivity contribution is 0.621. The lowest BCUT2D eigenvalue weighted by Gasteiger charge is -1.99. The minimum absolute atomic E-state index is 0.297. The monoisotopic (exact) mass is 171 g/mol. The first-order chi connectivity index (χ1) is 5.24. The van der Waals surface area contributed by atoms with Crippen molar-refractivity contribution in [2.75, 3.05) is 5.88 Å². The molecule has 0 aliphatic carbocycles. The van der Waals surface area contributed by atoms with E-state index in [9.17, 15) is 4.39 Å². The quantitative estimate of drug-likeness (QED) is 0.623. The summed E-state index contributed by atoms with van der Waals surface area (Å²) in [6.07, 6.45) is 2.68. The Morgan fingerprint density at radius 3 is 2.91 bits per heavy atom. The van der Waals surface area contributed by atoms with Gasteiger partial charge in [0.1, 0.15) is 5.82 Å². The highest BCUT2D eigenvalue weighted by Crippen LogP contribution is 2.12. The molecule has 1 heterocycles. The van der Waals surface area contributed by atoms with Gasteiger partial charge in [0.05, 0.1) is 6.20 Å². The van der Waals surface area contributed by atoms with Crippen LogP contribution < -0.4 is 0 Å². The van der Waals surface area contributed by atoms with E-state index < -0.39 is 0 Å². The van der Waals surface area contributed by atoms with Gasteiger partial charge in [0.25, 0.3) is 0 Å². The first-order valence-electron chi connectivity index (χ1n) is 3.08. The van der Waals surface area contributed by atoms with Gasteiger partial charge >= 0.3 is 0 Å². The number of pyridine rings is 1. The molecule has 3 heteroatoms. The van der Waals surface area contributed by atoms with Crippen molar-refractivity contribution in [2.45, 2.75) is 0 Å². The summed E-state index contributed by atoms with van der Waals surface area (Å²) in [5, 5.41) is 0. The van der Waals surface area contributed by atoms with Gasteiger partial charge in [-0.3, -0.25) is 4.98 Å². The highest BCUT2D eigenvalue weighted by atomic mass is 35.5. The third-order valence-corrected chi connectivity index (χ3v) is 1.60. The first kappa shape index (κ1) is 8.21. The van der Waals surface area contributed by atoms with Gasteiger partial charge in [0.15, 0.2) is 0 Å². The average Bonchev–Trinajstić information content (AvgIpc) is 2.03. The van der Waals surface area contributed by atoms with E-state index >= 15 is 0 Å². The van der Waals surface area contributed by atoms with Crippen molar-refractivity contribution in [2.24, 2.45) is 0 Å². The third kappa shape index (κ3) is 2.02. The minimum atomic E-state index is -0.367. The molecule has 1 nitrogen and oxygen atoms in total. The van der Waals surface area contributed by atoms with Crippen LogP contribution in [-0.2, 0) is 0 Å². The smallest absolute Gasteiger partial charge is 0.142 e. The Balaban J connectivity index is 2.96. The van der Waals surface area contributed by atoms with Crippen LogP contribution in [0.25, 0.3) is 5.57 Å². The fourth-order valence-electron chi connectivity index (χ4n) is 0.682. The van der Waals surface area contributed by atoms with Gasteiger partial charge < -0.3 is 0 Å². The highest BCUT2D eigenvalue weighted by Gasteiger charge is 1.98. The van der Waals surface area contributed by atoms with Gasteiger partial charge in [0.2, 0.25) is 0 Å². The Morgan fingerprint density at radius 1 is 1.64 bits per heavy atom. The van der Waals surface area contributed by atoms with Gasteiger partial charge in [0, 0.05) is 12.1 Å². The maximum atomic E-state index is 12.5. The van der Waals surface area contributed by atoms with Crippen LogP contribution in [-0.4, -0.2) is 10.9 Å². The normalized spacial score (nSPS) is 9.64.